The van der Waals surface area contributed by atoms with Gasteiger partial charge in [0.05, 0.1) is 0 Å². The highest BCUT2D eigenvalue weighted by atomic mass is 16.5. The molecule has 0 unspecified atom stereocenters. The molecule has 1 aromatic rings. The van der Waals surface area contributed by atoms with Crippen LogP contribution in [0.25, 0.3) is 0 Å². The molecule has 1 heterocycles. The number of piperidine rings is 1. The summed E-state index contributed by atoms with van der Waals surface area (Å²) in [7, 11) is 0. The molecule has 7 heteroatoms. The summed E-state index contributed by atoms with van der Waals surface area (Å²) in [6, 6.07) is 9.27. The van der Waals surface area contributed by atoms with E-state index in [1.54, 1.807) is 4.90 Å². The molecule has 0 aromatic heterocycles. The van der Waals surface area contributed by atoms with Crippen molar-refractivity contribution < 1.29 is 19.1 Å². The van der Waals surface area contributed by atoms with Crippen LogP contribution in [0, 0.1) is 11.8 Å². The smallest absolute Gasteiger partial charge is 0.260 e. The van der Waals surface area contributed by atoms with Crippen LogP contribution in [0.15, 0.2) is 30.3 Å². The van der Waals surface area contributed by atoms with Crippen molar-refractivity contribution in [3.05, 3.63) is 30.3 Å². The Kier molecular flexibility index (Phi) is 8.53. The number of likely N-dealkylation sites (tertiary alicyclic amines) is 1. The van der Waals surface area contributed by atoms with E-state index in [9.17, 15) is 14.4 Å². The van der Waals surface area contributed by atoms with Crippen LogP contribution >= 0.6 is 0 Å². The Hall–Kier alpha value is -2.57. The summed E-state index contributed by atoms with van der Waals surface area (Å²) < 4.78 is 5.52. The minimum absolute atomic E-state index is 0.00884. The average Bonchev–Trinajstić information content (AvgIpc) is 2.81. The minimum atomic E-state index is -0.0851. The first kappa shape index (κ1) is 22.1. The van der Waals surface area contributed by atoms with Crippen molar-refractivity contribution in [3.63, 3.8) is 0 Å². The summed E-state index contributed by atoms with van der Waals surface area (Å²) in [5.41, 5.74) is 0. The van der Waals surface area contributed by atoms with Crippen LogP contribution in [0.4, 0.5) is 0 Å². The third-order valence-electron chi connectivity index (χ3n) is 6.02. The lowest BCUT2D eigenvalue weighted by atomic mass is 9.89. The molecule has 1 aliphatic carbocycles. The highest BCUT2D eigenvalue weighted by molar-refractivity contribution is 5.81. The van der Waals surface area contributed by atoms with Crippen LogP contribution in [0.1, 0.15) is 44.9 Å². The maximum atomic E-state index is 12.4. The van der Waals surface area contributed by atoms with Gasteiger partial charge in [0.15, 0.2) is 6.61 Å². The Morgan fingerprint density at radius 1 is 0.833 bits per heavy atom. The lowest BCUT2D eigenvalue weighted by Crippen LogP contribution is -2.45. The van der Waals surface area contributed by atoms with E-state index < -0.39 is 0 Å². The van der Waals surface area contributed by atoms with Crippen LogP contribution in [0.3, 0.4) is 0 Å². The summed E-state index contributed by atoms with van der Waals surface area (Å²) in [5, 5.41) is 5.86. The van der Waals surface area contributed by atoms with Gasteiger partial charge in [0.2, 0.25) is 11.8 Å². The van der Waals surface area contributed by atoms with E-state index in [0.29, 0.717) is 44.8 Å². The molecule has 0 atom stereocenters. The van der Waals surface area contributed by atoms with E-state index in [-0.39, 0.29) is 36.2 Å². The van der Waals surface area contributed by atoms with Crippen molar-refractivity contribution in [3.8, 4) is 5.75 Å². The monoisotopic (exact) mass is 415 g/mol. The van der Waals surface area contributed by atoms with Crippen molar-refractivity contribution in [1.29, 1.82) is 0 Å². The number of amides is 3. The number of carbonyl (C=O) groups is 3. The summed E-state index contributed by atoms with van der Waals surface area (Å²) in [4.78, 5) is 38.6. The summed E-state index contributed by atoms with van der Waals surface area (Å²) in [5.74, 6) is 0.808. The second-order valence-electron chi connectivity index (χ2n) is 8.17. The van der Waals surface area contributed by atoms with E-state index in [1.807, 2.05) is 30.3 Å². The SMILES string of the molecule is O=C(NCCNC(=O)C1CCN(C(=O)COc2ccccc2)CC1)C1CCCCC1. The van der Waals surface area contributed by atoms with Gasteiger partial charge in [-0.2, -0.15) is 0 Å². The molecule has 2 fully saturated rings. The molecule has 0 bridgehead atoms. The molecule has 0 radical (unpaired) electrons. The molecule has 7 nitrogen and oxygen atoms in total. The van der Waals surface area contributed by atoms with Gasteiger partial charge in [0, 0.05) is 38.0 Å². The van der Waals surface area contributed by atoms with E-state index in [2.05, 4.69) is 10.6 Å². The van der Waals surface area contributed by atoms with Gasteiger partial charge in [-0.15, -0.1) is 0 Å². The average molecular weight is 416 g/mol. The largest absolute Gasteiger partial charge is 0.484 e. The highest BCUT2D eigenvalue weighted by Crippen LogP contribution is 2.23. The number of ether oxygens (including phenoxy) is 1. The Labute approximate surface area is 178 Å². The Morgan fingerprint density at radius 2 is 1.40 bits per heavy atom. The third-order valence-corrected chi connectivity index (χ3v) is 6.02. The molecule has 1 saturated heterocycles. The molecule has 2 aliphatic rings. The van der Waals surface area contributed by atoms with Gasteiger partial charge in [-0.3, -0.25) is 14.4 Å². The van der Waals surface area contributed by atoms with Crippen LogP contribution in [-0.4, -0.2) is 55.4 Å². The molecule has 2 N–H and O–H groups in total. The molecule has 1 aliphatic heterocycles. The minimum Gasteiger partial charge on any atom is -0.484 e. The van der Waals surface area contributed by atoms with E-state index >= 15 is 0 Å². The second kappa shape index (κ2) is 11.6. The van der Waals surface area contributed by atoms with Crippen LogP contribution in [-0.2, 0) is 14.4 Å². The van der Waals surface area contributed by atoms with Gasteiger partial charge in [0.1, 0.15) is 5.75 Å². The van der Waals surface area contributed by atoms with Crippen LogP contribution < -0.4 is 15.4 Å². The topological polar surface area (TPSA) is 87.7 Å². The normalized spacial score (nSPS) is 17.9. The molecule has 0 spiro atoms. The lowest BCUT2D eigenvalue weighted by Gasteiger charge is -2.31. The lowest BCUT2D eigenvalue weighted by molar-refractivity contribution is -0.137. The van der Waals surface area contributed by atoms with E-state index in [0.717, 1.165) is 25.7 Å². The molecule has 3 amide bonds. The summed E-state index contributed by atoms with van der Waals surface area (Å²) in [6.45, 7) is 2.05. The zero-order chi connectivity index (χ0) is 21.2. The van der Waals surface area contributed by atoms with Crippen molar-refractivity contribution in [1.82, 2.24) is 15.5 Å². The van der Waals surface area contributed by atoms with Gasteiger partial charge in [-0.05, 0) is 37.8 Å². The predicted octanol–water partition coefficient (Wildman–Crippen LogP) is 2.12. The van der Waals surface area contributed by atoms with Crippen LogP contribution in [0.2, 0.25) is 0 Å². The number of hydrogen-bond donors (Lipinski definition) is 2. The molecule has 1 saturated carbocycles. The molecule has 30 heavy (non-hydrogen) atoms. The van der Waals surface area contributed by atoms with Gasteiger partial charge in [0.25, 0.3) is 5.91 Å². The standard InChI is InChI=1S/C23H33N3O4/c27-21(17-30-20-9-5-2-6-10-20)26-15-11-19(12-16-26)23(29)25-14-13-24-22(28)18-7-3-1-4-8-18/h2,5-6,9-10,18-19H,1,3-4,7-8,11-17H2,(H,24,28)(H,25,29). The zero-order valence-corrected chi connectivity index (χ0v) is 17.6. The van der Waals surface area contributed by atoms with E-state index in [4.69, 9.17) is 4.74 Å². The quantitative estimate of drug-likeness (QED) is 0.637. The van der Waals surface area contributed by atoms with Gasteiger partial charge < -0.3 is 20.3 Å². The third kappa shape index (κ3) is 6.75. The fourth-order valence-electron chi connectivity index (χ4n) is 4.17. The van der Waals surface area contributed by atoms with Gasteiger partial charge in [-0.1, -0.05) is 37.5 Å². The van der Waals surface area contributed by atoms with Crippen molar-refractivity contribution in [2.24, 2.45) is 11.8 Å². The fourth-order valence-corrected chi connectivity index (χ4v) is 4.17. The Morgan fingerprint density at radius 3 is 2.00 bits per heavy atom. The van der Waals surface area contributed by atoms with Crippen molar-refractivity contribution in [2.45, 2.75) is 44.9 Å². The number of nitrogens with zero attached hydrogens (tertiary/aromatic N) is 1. The number of carbonyl (C=O) groups excluding carboxylic acids is 3. The van der Waals surface area contributed by atoms with Gasteiger partial charge >= 0.3 is 0 Å². The molecule has 1 aromatic carbocycles. The number of hydrogen-bond acceptors (Lipinski definition) is 4. The number of rotatable bonds is 8. The number of benzene rings is 1. The molecule has 164 valence electrons. The Bertz CT molecular complexity index is 696. The maximum absolute atomic E-state index is 12.4. The summed E-state index contributed by atoms with van der Waals surface area (Å²) >= 11 is 0. The van der Waals surface area contributed by atoms with Crippen LogP contribution in [0.5, 0.6) is 5.75 Å². The second-order valence-corrected chi connectivity index (χ2v) is 8.17. The Balaban J connectivity index is 1.28. The number of para-hydroxylation sites is 1. The van der Waals surface area contributed by atoms with Crippen molar-refractivity contribution in [2.75, 3.05) is 32.8 Å². The number of nitrogens with one attached hydrogen (secondary N) is 2. The first-order chi connectivity index (χ1) is 14.6. The van der Waals surface area contributed by atoms with Gasteiger partial charge in [-0.25, -0.2) is 0 Å². The van der Waals surface area contributed by atoms with Crippen molar-refractivity contribution >= 4 is 17.7 Å². The van der Waals surface area contributed by atoms with E-state index in [1.165, 1.54) is 6.42 Å². The maximum Gasteiger partial charge on any atom is 0.260 e. The first-order valence-corrected chi connectivity index (χ1v) is 11.1. The first-order valence-electron chi connectivity index (χ1n) is 11.1. The zero-order valence-electron chi connectivity index (χ0n) is 17.6. The summed E-state index contributed by atoms with van der Waals surface area (Å²) in [6.07, 6.45) is 6.75. The fraction of sp³-hybridized carbons (Fsp3) is 0.609. The molecule has 3 rings (SSSR count). The molecular weight excluding hydrogens is 382 g/mol. The molecular formula is C23H33N3O4. The predicted molar refractivity (Wildman–Crippen MR) is 114 cm³/mol. The highest BCUT2D eigenvalue weighted by Gasteiger charge is 2.27.